The highest BCUT2D eigenvalue weighted by Gasteiger charge is 2.24. The molecule has 0 saturated carbocycles. The maximum Gasteiger partial charge on any atom is 0.309 e. The van der Waals surface area contributed by atoms with Crippen LogP contribution in [-0.2, 0) is 11.2 Å². The van der Waals surface area contributed by atoms with Crippen molar-refractivity contribution in [3.63, 3.8) is 0 Å². The van der Waals surface area contributed by atoms with Gasteiger partial charge in [-0.05, 0) is 13.5 Å². The average Bonchev–Trinajstić information content (AvgIpc) is 2.77. The topological polar surface area (TPSA) is 56.7 Å². The molecule has 1 aliphatic rings. The number of carbonyl (C=O) groups is 1. The summed E-state index contributed by atoms with van der Waals surface area (Å²) in [5.41, 5.74) is 0.662. The summed E-state index contributed by atoms with van der Waals surface area (Å²) in [5.74, 6) is -0.823. The minimum absolute atomic E-state index is 0.0153. The Morgan fingerprint density at radius 1 is 1.61 bits per heavy atom. The van der Waals surface area contributed by atoms with Crippen molar-refractivity contribution in [1.82, 2.24) is 9.88 Å². The third-order valence-corrected chi connectivity index (χ3v) is 4.34. The highest BCUT2D eigenvalue weighted by atomic mass is 32.1. The number of hydrogen-bond donors (Lipinski definition) is 1. The number of aliphatic carboxylic acids is 1. The van der Waals surface area contributed by atoms with Crippen LogP contribution < -0.4 is 4.90 Å². The fraction of sp³-hybridized carbons (Fsp3) is 0.667. The SMILES string of the molecule is CCC1CN(c2nc(CC(=O)O)cs2)CCN1C. The zero-order valence-electron chi connectivity index (χ0n) is 10.8. The number of carboxylic acid groups (broad SMARTS) is 1. The summed E-state index contributed by atoms with van der Waals surface area (Å²) >= 11 is 1.54. The lowest BCUT2D eigenvalue weighted by molar-refractivity contribution is -0.136. The minimum Gasteiger partial charge on any atom is -0.481 e. The molecule has 1 unspecified atom stereocenters. The quantitative estimate of drug-likeness (QED) is 0.893. The molecule has 1 aromatic rings. The Balaban J connectivity index is 2.03. The van der Waals surface area contributed by atoms with Crippen molar-refractivity contribution in [2.24, 2.45) is 0 Å². The number of aromatic nitrogens is 1. The molecule has 0 aliphatic carbocycles. The van der Waals surface area contributed by atoms with Gasteiger partial charge in [0.1, 0.15) is 0 Å². The van der Waals surface area contributed by atoms with E-state index in [9.17, 15) is 4.79 Å². The second-order valence-electron chi connectivity index (χ2n) is 4.68. The molecule has 0 radical (unpaired) electrons. The van der Waals surface area contributed by atoms with Crippen LogP contribution in [-0.4, -0.2) is 53.7 Å². The molecule has 0 bridgehead atoms. The van der Waals surface area contributed by atoms with Gasteiger partial charge in [-0.3, -0.25) is 9.69 Å². The van der Waals surface area contributed by atoms with Crippen LogP contribution in [0.4, 0.5) is 5.13 Å². The van der Waals surface area contributed by atoms with Crippen LogP contribution >= 0.6 is 11.3 Å². The third kappa shape index (κ3) is 3.00. The van der Waals surface area contributed by atoms with E-state index < -0.39 is 5.97 Å². The number of hydrogen-bond acceptors (Lipinski definition) is 5. The van der Waals surface area contributed by atoms with E-state index in [0.29, 0.717) is 11.7 Å². The number of rotatable bonds is 4. The summed E-state index contributed by atoms with van der Waals surface area (Å²) in [4.78, 5) is 19.7. The average molecular weight is 269 g/mol. The minimum atomic E-state index is -0.823. The Bertz CT molecular complexity index is 421. The molecule has 1 atom stereocenters. The Kier molecular flexibility index (Phi) is 4.19. The van der Waals surface area contributed by atoms with Crippen LogP contribution in [0.1, 0.15) is 19.0 Å². The molecule has 1 N–H and O–H groups in total. The number of piperazine rings is 1. The van der Waals surface area contributed by atoms with Gasteiger partial charge in [-0.2, -0.15) is 0 Å². The maximum atomic E-state index is 10.6. The van der Waals surface area contributed by atoms with Crippen LogP contribution in [0.5, 0.6) is 0 Å². The standard InChI is InChI=1S/C12H19N3O2S/c1-3-10-7-15(5-4-14(10)2)12-13-9(8-18-12)6-11(16)17/h8,10H,3-7H2,1-2H3,(H,16,17). The van der Waals surface area contributed by atoms with Gasteiger partial charge in [-0.1, -0.05) is 6.92 Å². The van der Waals surface area contributed by atoms with Gasteiger partial charge in [-0.25, -0.2) is 4.98 Å². The molecule has 1 fully saturated rings. The van der Waals surface area contributed by atoms with Gasteiger partial charge < -0.3 is 10.0 Å². The van der Waals surface area contributed by atoms with Gasteiger partial charge in [0.05, 0.1) is 12.1 Å². The second-order valence-corrected chi connectivity index (χ2v) is 5.52. The molecule has 0 aromatic carbocycles. The summed E-state index contributed by atoms with van der Waals surface area (Å²) in [6.45, 7) is 5.18. The highest BCUT2D eigenvalue weighted by Crippen LogP contribution is 2.24. The Hall–Kier alpha value is -1.14. The summed E-state index contributed by atoms with van der Waals surface area (Å²) in [6, 6.07) is 0.561. The van der Waals surface area contributed by atoms with Crippen molar-refractivity contribution in [3.05, 3.63) is 11.1 Å². The molecular weight excluding hydrogens is 250 g/mol. The molecule has 100 valence electrons. The van der Waals surface area contributed by atoms with Crippen LogP contribution in [0.2, 0.25) is 0 Å². The van der Waals surface area contributed by atoms with Crippen molar-refractivity contribution in [1.29, 1.82) is 0 Å². The van der Waals surface area contributed by atoms with E-state index in [-0.39, 0.29) is 6.42 Å². The first-order valence-electron chi connectivity index (χ1n) is 6.21. The van der Waals surface area contributed by atoms with E-state index in [1.165, 1.54) is 0 Å². The molecule has 2 heterocycles. The lowest BCUT2D eigenvalue weighted by atomic mass is 10.1. The van der Waals surface area contributed by atoms with Crippen molar-refractivity contribution >= 4 is 22.4 Å². The van der Waals surface area contributed by atoms with Crippen molar-refractivity contribution in [2.75, 3.05) is 31.6 Å². The molecule has 6 heteroatoms. The molecule has 5 nitrogen and oxygen atoms in total. The van der Waals surface area contributed by atoms with E-state index in [0.717, 1.165) is 31.2 Å². The molecule has 1 aliphatic heterocycles. The zero-order valence-corrected chi connectivity index (χ0v) is 11.6. The largest absolute Gasteiger partial charge is 0.481 e. The van der Waals surface area contributed by atoms with Crippen LogP contribution in [0.25, 0.3) is 0 Å². The number of likely N-dealkylation sites (N-methyl/N-ethyl adjacent to an activating group) is 1. The number of thiazole rings is 1. The zero-order chi connectivity index (χ0) is 13.1. The van der Waals surface area contributed by atoms with Crippen LogP contribution in [0.3, 0.4) is 0 Å². The van der Waals surface area contributed by atoms with Crippen molar-refractivity contribution < 1.29 is 9.90 Å². The Labute approximate surface area is 111 Å². The van der Waals surface area contributed by atoms with E-state index in [1.54, 1.807) is 11.3 Å². The Morgan fingerprint density at radius 3 is 3.06 bits per heavy atom. The van der Waals surface area contributed by atoms with Crippen LogP contribution in [0.15, 0.2) is 5.38 Å². The first-order valence-corrected chi connectivity index (χ1v) is 7.09. The van der Waals surface area contributed by atoms with Gasteiger partial charge in [0.2, 0.25) is 0 Å². The first kappa shape index (κ1) is 13.3. The Morgan fingerprint density at radius 2 is 2.39 bits per heavy atom. The van der Waals surface area contributed by atoms with Gasteiger partial charge >= 0.3 is 5.97 Å². The summed E-state index contributed by atoms with van der Waals surface area (Å²) in [7, 11) is 2.16. The molecule has 1 saturated heterocycles. The molecule has 18 heavy (non-hydrogen) atoms. The van der Waals surface area contributed by atoms with Crippen molar-refractivity contribution in [3.8, 4) is 0 Å². The summed E-state index contributed by atoms with van der Waals surface area (Å²) in [5, 5.41) is 11.6. The van der Waals surface area contributed by atoms with E-state index in [1.807, 2.05) is 5.38 Å². The molecular formula is C12H19N3O2S. The van der Waals surface area contributed by atoms with E-state index >= 15 is 0 Å². The van der Waals surface area contributed by atoms with Gasteiger partial charge in [-0.15, -0.1) is 11.3 Å². The predicted octanol–water partition coefficient (Wildman–Crippen LogP) is 1.30. The van der Waals surface area contributed by atoms with Gasteiger partial charge in [0, 0.05) is 31.1 Å². The van der Waals surface area contributed by atoms with Gasteiger partial charge in [0.25, 0.3) is 0 Å². The predicted molar refractivity (Wildman–Crippen MR) is 72.4 cm³/mol. The highest BCUT2D eigenvalue weighted by molar-refractivity contribution is 7.13. The van der Waals surface area contributed by atoms with Crippen LogP contribution in [0, 0.1) is 0 Å². The first-order chi connectivity index (χ1) is 8.60. The second kappa shape index (κ2) is 5.67. The smallest absolute Gasteiger partial charge is 0.309 e. The lowest BCUT2D eigenvalue weighted by Gasteiger charge is -2.39. The van der Waals surface area contributed by atoms with E-state index in [4.69, 9.17) is 5.11 Å². The fourth-order valence-corrected chi connectivity index (χ4v) is 3.10. The number of nitrogens with zero attached hydrogens (tertiary/aromatic N) is 3. The molecule has 2 rings (SSSR count). The van der Waals surface area contributed by atoms with E-state index in [2.05, 4.69) is 28.8 Å². The third-order valence-electron chi connectivity index (χ3n) is 3.39. The number of anilines is 1. The maximum absolute atomic E-state index is 10.6. The molecule has 1 aromatic heterocycles. The summed E-state index contributed by atoms with van der Waals surface area (Å²) < 4.78 is 0. The fourth-order valence-electron chi connectivity index (χ4n) is 2.24. The molecule has 0 spiro atoms. The summed E-state index contributed by atoms with van der Waals surface area (Å²) in [6.07, 6.45) is 1.14. The monoisotopic (exact) mass is 269 g/mol. The lowest BCUT2D eigenvalue weighted by Crippen LogP contribution is -2.51. The van der Waals surface area contributed by atoms with Crippen molar-refractivity contribution in [2.45, 2.75) is 25.8 Å². The normalized spacial score (nSPS) is 21.2. The number of carboxylic acids is 1. The molecule has 0 amide bonds. The van der Waals surface area contributed by atoms with Gasteiger partial charge in [0.15, 0.2) is 5.13 Å².